The molecule has 1 atom stereocenters. The number of likely N-dealkylation sites (tertiary alicyclic amines) is 1. The molecule has 2 amide bonds. The molecule has 1 aliphatic rings. The van der Waals surface area contributed by atoms with Crippen LogP contribution in [-0.4, -0.2) is 56.0 Å². The van der Waals surface area contributed by atoms with E-state index in [1.807, 2.05) is 18.7 Å². The molecule has 1 aliphatic heterocycles. The van der Waals surface area contributed by atoms with Gasteiger partial charge in [-0.2, -0.15) is 5.10 Å². The van der Waals surface area contributed by atoms with Crippen LogP contribution in [0.4, 0.5) is 10.9 Å². The summed E-state index contributed by atoms with van der Waals surface area (Å²) in [4.78, 5) is 35.9. The predicted molar refractivity (Wildman–Crippen MR) is 134 cm³/mol. The lowest BCUT2D eigenvalue weighted by Gasteiger charge is -2.16. The zero-order valence-corrected chi connectivity index (χ0v) is 20.2. The molecule has 0 aliphatic carbocycles. The van der Waals surface area contributed by atoms with E-state index in [-0.39, 0.29) is 17.9 Å². The van der Waals surface area contributed by atoms with Gasteiger partial charge in [-0.1, -0.05) is 6.92 Å². The molecule has 0 saturated carbocycles. The number of benzene rings is 1. The minimum absolute atomic E-state index is 0.101. The van der Waals surface area contributed by atoms with Gasteiger partial charge in [-0.15, -0.1) is 11.3 Å². The van der Waals surface area contributed by atoms with E-state index < -0.39 is 0 Å². The molecule has 5 rings (SSSR count). The van der Waals surface area contributed by atoms with Crippen LogP contribution in [0.5, 0.6) is 11.5 Å². The van der Waals surface area contributed by atoms with Gasteiger partial charge < -0.3 is 15.0 Å². The van der Waals surface area contributed by atoms with Crippen molar-refractivity contribution in [3.8, 4) is 11.5 Å². The Morgan fingerprint density at radius 3 is 2.80 bits per heavy atom. The van der Waals surface area contributed by atoms with Crippen molar-refractivity contribution < 1.29 is 14.3 Å². The number of amides is 2. The molecule has 180 valence electrons. The lowest BCUT2D eigenvalue weighted by molar-refractivity contribution is -0.129. The summed E-state index contributed by atoms with van der Waals surface area (Å²) in [5.41, 5.74) is 1.10. The number of thiazole rings is 1. The molecule has 1 aromatic carbocycles. The summed E-state index contributed by atoms with van der Waals surface area (Å²) in [5.74, 6) is 1.72. The van der Waals surface area contributed by atoms with Crippen LogP contribution in [0.3, 0.4) is 0 Å². The maximum absolute atomic E-state index is 12.5. The Kier molecular flexibility index (Phi) is 6.32. The number of H-pyrrole nitrogens is 1. The van der Waals surface area contributed by atoms with Crippen molar-refractivity contribution in [2.75, 3.05) is 23.7 Å². The Morgan fingerprint density at radius 1 is 1.23 bits per heavy atom. The van der Waals surface area contributed by atoms with Gasteiger partial charge in [-0.05, 0) is 37.6 Å². The quantitative estimate of drug-likeness (QED) is 0.354. The van der Waals surface area contributed by atoms with Crippen molar-refractivity contribution in [1.82, 2.24) is 25.1 Å². The Hall–Kier alpha value is -3.99. The first-order valence-electron chi connectivity index (χ1n) is 11.4. The summed E-state index contributed by atoms with van der Waals surface area (Å²) < 4.78 is 6.14. The third-order valence-corrected chi connectivity index (χ3v) is 6.62. The van der Waals surface area contributed by atoms with Gasteiger partial charge in [0.05, 0.1) is 0 Å². The number of aryl methyl sites for hydroxylation is 1. The second kappa shape index (κ2) is 9.71. The van der Waals surface area contributed by atoms with Crippen molar-refractivity contribution in [2.45, 2.75) is 32.7 Å². The maximum atomic E-state index is 12.5. The van der Waals surface area contributed by atoms with Crippen LogP contribution in [-0.2, 0) is 4.79 Å². The molecule has 1 fully saturated rings. The van der Waals surface area contributed by atoms with Crippen LogP contribution in [0, 0.1) is 6.92 Å². The third kappa shape index (κ3) is 4.94. The Morgan fingerprint density at radius 2 is 2.06 bits per heavy atom. The number of carbonyl (C=O) groups is 2. The van der Waals surface area contributed by atoms with Gasteiger partial charge in [0.1, 0.15) is 16.9 Å². The van der Waals surface area contributed by atoms with Crippen molar-refractivity contribution in [1.29, 1.82) is 0 Å². The second-order valence-corrected chi connectivity index (χ2v) is 9.52. The number of anilines is 2. The summed E-state index contributed by atoms with van der Waals surface area (Å²) in [7, 11) is 0. The summed E-state index contributed by atoms with van der Waals surface area (Å²) in [6.45, 7) is 5.19. The number of nitrogens with one attached hydrogen (secondary N) is 3. The molecular weight excluding hydrogens is 466 g/mol. The average Bonchev–Trinajstić information content (AvgIpc) is 3.60. The van der Waals surface area contributed by atoms with E-state index in [4.69, 9.17) is 4.74 Å². The number of hydrogen-bond acceptors (Lipinski definition) is 8. The molecule has 10 nitrogen and oxygen atoms in total. The SMILES string of the molecule is CCC(=O)N1CC[C@@H](Nc2n[nH]c3nccc(Oc4ccc(C(=O)Nc5ncc(C)s5)cc4)c23)C1. The third-order valence-electron chi connectivity index (χ3n) is 5.79. The highest BCUT2D eigenvalue weighted by atomic mass is 32.1. The zero-order chi connectivity index (χ0) is 24.4. The van der Waals surface area contributed by atoms with Gasteiger partial charge in [0, 0.05) is 54.5 Å². The summed E-state index contributed by atoms with van der Waals surface area (Å²) in [6, 6.07) is 8.77. The molecule has 0 bridgehead atoms. The first-order chi connectivity index (χ1) is 17.0. The van der Waals surface area contributed by atoms with Gasteiger partial charge >= 0.3 is 0 Å². The first kappa shape index (κ1) is 22.8. The van der Waals surface area contributed by atoms with E-state index in [1.54, 1.807) is 42.7 Å². The lowest BCUT2D eigenvalue weighted by atomic mass is 10.2. The smallest absolute Gasteiger partial charge is 0.257 e. The minimum atomic E-state index is -0.231. The number of nitrogens with zero attached hydrogens (tertiary/aromatic N) is 4. The lowest BCUT2D eigenvalue weighted by Crippen LogP contribution is -2.31. The number of ether oxygens (including phenoxy) is 1. The molecule has 0 spiro atoms. The van der Waals surface area contributed by atoms with Crippen molar-refractivity contribution in [3.05, 3.63) is 53.2 Å². The van der Waals surface area contributed by atoms with Gasteiger partial charge in [-0.25, -0.2) is 9.97 Å². The van der Waals surface area contributed by atoms with E-state index in [1.165, 1.54) is 11.3 Å². The number of aromatic nitrogens is 4. The van der Waals surface area contributed by atoms with Crippen LogP contribution in [0.25, 0.3) is 11.0 Å². The monoisotopic (exact) mass is 491 g/mol. The van der Waals surface area contributed by atoms with Gasteiger partial charge in [0.15, 0.2) is 16.6 Å². The molecular formula is C24H25N7O3S. The van der Waals surface area contributed by atoms with Crippen LogP contribution < -0.4 is 15.4 Å². The highest BCUT2D eigenvalue weighted by Crippen LogP contribution is 2.33. The first-order valence-corrected chi connectivity index (χ1v) is 12.2. The molecule has 4 heterocycles. The molecule has 11 heteroatoms. The van der Waals surface area contributed by atoms with Gasteiger partial charge in [0.25, 0.3) is 5.91 Å². The van der Waals surface area contributed by atoms with E-state index in [2.05, 4.69) is 30.8 Å². The molecule has 35 heavy (non-hydrogen) atoms. The summed E-state index contributed by atoms with van der Waals surface area (Å²) in [6.07, 6.45) is 4.72. The molecule has 0 unspecified atom stereocenters. The van der Waals surface area contributed by atoms with Gasteiger partial charge in [0.2, 0.25) is 5.91 Å². The zero-order valence-electron chi connectivity index (χ0n) is 19.4. The van der Waals surface area contributed by atoms with Crippen LogP contribution in [0.2, 0.25) is 0 Å². The Bertz CT molecular complexity index is 1370. The topological polar surface area (TPSA) is 125 Å². The Balaban J connectivity index is 1.30. The van der Waals surface area contributed by atoms with Crippen LogP contribution in [0.1, 0.15) is 35.0 Å². The minimum Gasteiger partial charge on any atom is -0.456 e. The fraction of sp³-hybridized carbons (Fsp3) is 0.292. The number of pyridine rings is 1. The standard InChI is InChI=1S/C24H25N7O3S/c1-3-19(32)31-11-9-16(13-31)27-22-20-18(8-10-25-21(20)29-30-22)34-17-6-4-15(5-7-17)23(33)28-24-26-12-14(2)35-24/h4-8,10,12,16H,3,9,11,13H2,1-2H3,(H,26,28,33)(H2,25,27,29,30)/t16-/m1/s1. The van der Waals surface area contributed by atoms with E-state index in [0.717, 1.165) is 23.2 Å². The molecule has 3 aromatic heterocycles. The number of carbonyl (C=O) groups excluding carboxylic acids is 2. The molecule has 1 saturated heterocycles. The largest absolute Gasteiger partial charge is 0.456 e. The van der Waals surface area contributed by atoms with Crippen molar-refractivity contribution in [3.63, 3.8) is 0 Å². The second-order valence-electron chi connectivity index (χ2n) is 8.28. The summed E-state index contributed by atoms with van der Waals surface area (Å²) >= 11 is 1.42. The number of rotatable bonds is 7. The van der Waals surface area contributed by atoms with E-state index in [0.29, 0.717) is 46.6 Å². The fourth-order valence-electron chi connectivity index (χ4n) is 4.02. The molecule has 4 aromatic rings. The van der Waals surface area contributed by atoms with Crippen LogP contribution in [0.15, 0.2) is 42.7 Å². The number of hydrogen-bond donors (Lipinski definition) is 3. The highest BCUT2D eigenvalue weighted by Gasteiger charge is 2.26. The number of fused-ring (bicyclic) bond motifs is 1. The highest BCUT2D eigenvalue weighted by molar-refractivity contribution is 7.15. The molecule has 0 radical (unpaired) electrons. The normalized spacial score (nSPS) is 15.4. The Labute approximate surface area is 205 Å². The summed E-state index contributed by atoms with van der Waals surface area (Å²) in [5, 5.41) is 14.9. The van der Waals surface area contributed by atoms with E-state index >= 15 is 0 Å². The maximum Gasteiger partial charge on any atom is 0.257 e. The van der Waals surface area contributed by atoms with Crippen molar-refractivity contribution >= 4 is 45.1 Å². The van der Waals surface area contributed by atoms with E-state index in [9.17, 15) is 9.59 Å². The predicted octanol–water partition coefficient (Wildman–Crippen LogP) is 4.19. The average molecular weight is 492 g/mol. The molecule has 3 N–H and O–H groups in total. The van der Waals surface area contributed by atoms with Crippen molar-refractivity contribution in [2.24, 2.45) is 0 Å². The van der Waals surface area contributed by atoms with Gasteiger partial charge in [-0.3, -0.25) is 20.0 Å². The van der Waals surface area contributed by atoms with Crippen LogP contribution >= 0.6 is 11.3 Å². The number of aromatic amines is 1. The fourth-order valence-corrected chi connectivity index (χ4v) is 4.68.